The molecule has 116 valence electrons. The molecule has 0 saturated heterocycles. The third-order valence-corrected chi connectivity index (χ3v) is 3.51. The van der Waals surface area contributed by atoms with Crippen LogP contribution in [0.5, 0.6) is 5.75 Å². The van der Waals surface area contributed by atoms with E-state index in [1.807, 2.05) is 6.07 Å². The van der Waals surface area contributed by atoms with Crippen LogP contribution in [0.4, 0.5) is 10.5 Å². The van der Waals surface area contributed by atoms with Gasteiger partial charge in [0.2, 0.25) is 0 Å². The summed E-state index contributed by atoms with van der Waals surface area (Å²) in [5.41, 5.74) is 1.56. The minimum absolute atomic E-state index is 0.179. The van der Waals surface area contributed by atoms with E-state index < -0.39 is 0 Å². The summed E-state index contributed by atoms with van der Waals surface area (Å²) < 4.78 is 5.67. The van der Waals surface area contributed by atoms with Crippen molar-refractivity contribution in [3.05, 3.63) is 58.1 Å². The lowest BCUT2D eigenvalue weighted by molar-refractivity contribution is 0.230. The molecule has 0 atom stereocenters. The summed E-state index contributed by atoms with van der Waals surface area (Å²) >= 11 is 11.9. The summed E-state index contributed by atoms with van der Waals surface area (Å²) in [5, 5.41) is 3.92. The smallest absolute Gasteiger partial charge is 0.321 e. The Bertz CT molecular complexity index is 658. The van der Waals surface area contributed by atoms with E-state index in [1.54, 1.807) is 50.5 Å². The van der Waals surface area contributed by atoms with E-state index in [0.717, 1.165) is 5.56 Å². The molecule has 0 fully saturated rings. The maximum atomic E-state index is 11.5. The van der Waals surface area contributed by atoms with E-state index in [1.165, 1.54) is 4.90 Å². The SMILES string of the molecule is CN(C)C(=O)Nc1ccc(OCc2ccc(Cl)cc2Cl)cc1. The Morgan fingerprint density at radius 2 is 1.82 bits per heavy atom. The van der Waals surface area contributed by atoms with E-state index in [9.17, 15) is 4.79 Å². The van der Waals surface area contributed by atoms with Crippen LogP contribution in [-0.4, -0.2) is 25.0 Å². The Balaban J connectivity index is 1.95. The molecule has 4 nitrogen and oxygen atoms in total. The van der Waals surface area contributed by atoms with Gasteiger partial charge in [-0.05, 0) is 36.4 Å². The third-order valence-electron chi connectivity index (χ3n) is 2.92. The number of rotatable bonds is 4. The van der Waals surface area contributed by atoms with Crippen molar-refractivity contribution in [1.82, 2.24) is 4.90 Å². The van der Waals surface area contributed by atoms with Crippen molar-refractivity contribution in [2.75, 3.05) is 19.4 Å². The summed E-state index contributed by atoms with van der Waals surface area (Å²) in [5.74, 6) is 0.689. The first-order valence-corrected chi connectivity index (χ1v) is 7.36. The normalized spacial score (nSPS) is 10.2. The van der Waals surface area contributed by atoms with E-state index in [0.29, 0.717) is 28.1 Å². The van der Waals surface area contributed by atoms with Crippen LogP contribution in [0.25, 0.3) is 0 Å². The number of hydrogen-bond donors (Lipinski definition) is 1. The Labute approximate surface area is 139 Å². The largest absolute Gasteiger partial charge is 0.489 e. The maximum Gasteiger partial charge on any atom is 0.321 e. The lowest BCUT2D eigenvalue weighted by atomic mass is 10.2. The van der Waals surface area contributed by atoms with Crippen molar-refractivity contribution in [1.29, 1.82) is 0 Å². The van der Waals surface area contributed by atoms with E-state index >= 15 is 0 Å². The zero-order valence-corrected chi connectivity index (χ0v) is 13.8. The van der Waals surface area contributed by atoms with Crippen molar-refractivity contribution < 1.29 is 9.53 Å². The highest BCUT2D eigenvalue weighted by Gasteiger charge is 2.05. The highest BCUT2D eigenvalue weighted by atomic mass is 35.5. The average Bonchev–Trinajstić information content (AvgIpc) is 2.47. The first-order chi connectivity index (χ1) is 10.5. The van der Waals surface area contributed by atoms with Crippen LogP contribution < -0.4 is 10.1 Å². The van der Waals surface area contributed by atoms with Crippen LogP contribution in [0.2, 0.25) is 10.0 Å². The number of benzene rings is 2. The summed E-state index contributed by atoms with van der Waals surface area (Å²) in [4.78, 5) is 13.0. The maximum absolute atomic E-state index is 11.5. The van der Waals surface area contributed by atoms with E-state index in [4.69, 9.17) is 27.9 Å². The topological polar surface area (TPSA) is 41.6 Å². The molecule has 6 heteroatoms. The Morgan fingerprint density at radius 3 is 2.41 bits per heavy atom. The van der Waals surface area contributed by atoms with Gasteiger partial charge >= 0.3 is 6.03 Å². The minimum Gasteiger partial charge on any atom is -0.489 e. The molecular formula is C16H16Cl2N2O2. The summed E-state index contributed by atoms with van der Waals surface area (Å²) in [6.45, 7) is 0.347. The van der Waals surface area contributed by atoms with Gasteiger partial charge in [-0.15, -0.1) is 0 Å². The monoisotopic (exact) mass is 338 g/mol. The number of amides is 2. The van der Waals surface area contributed by atoms with E-state index in [-0.39, 0.29) is 6.03 Å². The molecule has 0 radical (unpaired) electrons. The lowest BCUT2D eigenvalue weighted by Crippen LogP contribution is -2.27. The highest BCUT2D eigenvalue weighted by molar-refractivity contribution is 6.35. The molecule has 0 aliphatic carbocycles. The molecule has 0 saturated carbocycles. The number of carbonyl (C=O) groups is 1. The molecular weight excluding hydrogens is 323 g/mol. The van der Waals surface area contributed by atoms with Gasteiger partial charge in [-0.25, -0.2) is 4.79 Å². The molecule has 0 heterocycles. The second-order valence-corrected chi connectivity index (χ2v) is 5.72. The second kappa shape index (κ2) is 7.38. The molecule has 0 aliphatic rings. The van der Waals surface area contributed by atoms with Gasteiger partial charge in [0.1, 0.15) is 12.4 Å². The Kier molecular flexibility index (Phi) is 5.52. The first-order valence-electron chi connectivity index (χ1n) is 6.61. The van der Waals surface area contributed by atoms with Crippen LogP contribution in [0, 0.1) is 0 Å². The summed E-state index contributed by atoms with van der Waals surface area (Å²) in [7, 11) is 3.37. The number of ether oxygens (including phenoxy) is 1. The minimum atomic E-state index is -0.179. The van der Waals surface area contributed by atoms with Gasteiger partial charge < -0.3 is 15.0 Å². The molecule has 0 aliphatic heterocycles. The van der Waals surface area contributed by atoms with Gasteiger partial charge in [-0.1, -0.05) is 29.3 Å². The molecule has 0 unspecified atom stereocenters. The Morgan fingerprint density at radius 1 is 1.14 bits per heavy atom. The highest BCUT2D eigenvalue weighted by Crippen LogP contribution is 2.23. The fourth-order valence-corrected chi connectivity index (χ4v) is 2.13. The Hall–Kier alpha value is -1.91. The van der Waals surface area contributed by atoms with Gasteiger partial charge in [0, 0.05) is 35.4 Å². The second-order valence-electron chi connectivity index (χ2n) is 4.87. The molecule has 0 spiro atoms. The van der Waals surface area contributed by atoms with Gasteiger partial charge in [0.25, 0.3) is 0 Å². The first kappa shape index (κ1) is 16.5. The van der Waals surface area contributed by atoms with Crippen LogP contribution >= 0.6 is 23.2 Å². The van der Waals surface area contributed by atoms with Crippen LogP contribution in [0.3, 0.4) is 0 Å². The van der Waals surface area contributed by atoms with Crippen LogP contribution in [0.1, 0.15) is 5.56 Å². The number of carbonyl (C=O) groups excluding carboxylic acids is 1. The number of anilines is 1. The predicted molar refractivity (Wildman–Crippen MR) is 89.9 cm³/mol. The van der Waals surface area contributed by atoms with Crippen molar-refractivity contribution in [3.63, 3.8) is 0 Å². The fraction of sp³-hybridized carbons (Fsp3) is 0.188. The van der Waals surface area contributed by atoms with Crippen molar-refractivity contribution in [2.45, 2.75) is 6.61 Å². The fourth-order valence-electron chi connectivity index (χ4n) is 1.67. The van der Waals surface area contributed by atoms with Crippen molar-refractivity contribution in [3.8, 4) is 5.75 Å². The molecule has 0 bridgehead atoms. The van der Waals surface area contributed by atoms with Crippen molar-refractivity contribution >= 4 is 34.9 Å². The van der Waals surface area contributed by atoms with Gasteiger partial charge in [-0.2, -0.15) is 0 Å². The van der Waals surface area contributed by atoms with E-state index in [2.05, 4.69) is 5.32 Å². The molecule has 2 aromatic carbocycles. The van der Waals surface area contributed by atoms with Gasteiger partial charge in [0.15, 0.2) is 0 Å². The van der Waals surface area contributed by atoms with Crippen LogP contribution in [0.15, 0.2) is 42.5 Å². The number of nitrogens with zero attached hydrogens (tertiary/aromatic N) is 1. The van der Waals surface area contributed by atoms with Crippen molar-refractivity contribution in [2.24, 2.45) is 0 Å². The van der Waals surface area contributed by atoms with Gasteiger partial charge in [0.05, 0.1) is 0 Å². The summed E-state index contributed by atoms with van der Waals surface area (Å²) in [6.07, 6.45) is 0. The molecule has 2 rings (SSSR count). The molecule has 1 N–H and O–H groups in total. The van der Waals surface area contributed by atoms with Crippen LogP contribution in [-0.2, 0) is 6.61 Å². The summed E-state index contributed by atoms with van der Waals surface area (Å²) in [6, 6.07) is 12.2. The molecule has 22 heavy (non-hydrogen) atoms. The quantitative estimate of drug-likeness (QED) is 0.880. The predicted octanol–water partition coefficient (Wildman–Crippen LogP) is 4.67. The number of nitrogens with one attached hydrogen (secondary N) is 1. The molecule has 2 aromatic rings. The number of hydrogen-bond acceptors (Lipinski definition) is 2. The third kappa shape index (κ3) is 4.55. The molecule has 0 aromatic heterocycles. The zero-order chi connectivity index (χ0) is 16.1. The zero-order valence-electron chi connectivity index (χ0n) is 12.3. The average molecular weight is 339 g/mol. The lowest BCUT2D eigenvalue weighted by Gasteiger charge is -2.12. The molecule has 2 amide bonds. The van der Waals surface area contributed by atoms with Gasteiger partial charge in [-0.3, -0.25) is 0 Å². The standard InChI is InChI=1S/C16H16Cl2N2O2/c1-20(2)16(21)19-13-5-7-14(8-6-13)22-10-11-3-4-12(17)9-15(11)18/h3-9H,10H2,1-2H3,(H,19,21). The number of halogens is 2. The number of urea groups is 1.